The van der Waals surface area contributed by atoms with Crippen LogP contribution in [-0.2, 0) is 0 Å². The highest BCUT2D eigenvalue weighted by molar-refractivity contribution is 5.60. The van der Waals surface area contributed by atoms with Crippen molar-refractivity contribution in [1.29, 1.82) is 0 Å². The van der Waals surface area contributed by atoms with Gasteiger partial charge < -0.3 is 5.32 Å². The zero-order chi connectivity index (χ0) is 14.6. The maximum atomic E-state index is 11.2. The number of rotatable bonds is 7. The lowest BCUT2D eigenvalue weighted by Crippen LogP contribution is -2.21. The fourth-order valence-electron chi connectivity index (χ4n) is 2.19. The van der Waals surface area contributed by atoms with E-state index in [-0.39, 0.29) is 22.7 Å². The van der Waals surface area contributed by atoms with E-state index in [1.165, 1.54) is 0 Å². The minimum atomic E-state index is -0.345. The number of hydrogen-bond donors (Lipinski definition) is 1. The molecule has 6 heteroatoms. The van der Waals surface area contributed by atoms with Crippen molar-refractivity contribution in [2.24, 2.45) is 0 Å². The summed E-state index contributed by atoms with van der Waals surface area (Å²) in [4.78, 5) is 10.9. The summed E-state index contributed by atoms with van der Waals surface area (Å²) in [5, 5.41) is 18.8. The van der Waals surface area contributed by atoms with Gasteiger partial charge in [-0.1, -0.05) is 20.3 Å². The first-order valence-electron chi connectivity index (χ1n) is 6.92. The van der Waals surface area contributed by atoms with Crippen LogP contribution >= 0.6 is 0 Å². The molecule has 0 spiro atoms. The van der Waals surface area contributed by atoms with Crippen molar-refractivity contribution < 1.29 is 4.92 Å². The standard InChI is InChI=1S/C13H24N4O2/c1-6-8-11(7-2)14-13-12(17(18)19)10(5)15-16(13)9(3)4/h9,11,14H,6-8H2,1-5H3. The van der Waals surface area contributed by atoms with E-state index >= 15 is 0 Å². The smallest absolute Gasteiger partial charge is 0.333 e. The summed E-state index contributed by atoms with van der Waals surface area (Å²) in [6.45, 7) is 9.83. The predicted molar refractivity (Wildman–Crippen MR) is 76.6 cm³/mol. The van der Waals surface area contributed by atoms with Crippen LogP contribution in [0.5, 0.6) is 0 Å². The second kappa shape index (κ2) is 6.54. The van der Waals surface area contributed by atoms with Crippen molar-refractivity contribution in [2.75, 3.05) is 5.32 Å². The molecule has 0 amide bonds. The topological polar surface area (TPSA) is 73.0 Å². The number of aryl methyl sites for hydroxylation is 1. The number of nitrogens with one attached hydrogen (secondary N) is 1. The summed E-state index contributed by atoms with van der Waals surface area (Å²) < 4.78 is 1.71. The minimum absolute atomic E-state index is 0.0917. The SMILES string of the molecule is CCCC(CC)Nc1c([N+](=O)[O-])c(C)nn1C(C)C. The van der Waals surface area contributed by atoms with Crippen LogP contribution in [0, 0.1) is 17.0 Å². The summed E-state index contributed by atoms with van der Waals surface area (Å²) in [6, 6.07) is 0.339. The minimum Gasteiger partial charge on any atom is -0.362 e. The van der Waals surface area contributed by atoms with Gasteiger partial charge in [-0.25, -0.2) is 4.68 Å². The molecular weight excluding hydrogens is 244 g/mol. The number of anilines is 1. The van der Waals surface area contributed by atoms with E-state index in [2.05, 4.69) is 24.3 Å². The third kappa shape index (κ3) is 3.45. The van der Waals surface area contributed by atoms with Gasteiger partial charge in [0.05, 0.1) is 4.92 Å². The molecule has 0 fully saturated rings. The Bertz CT molecular complexity index is 440. The molecule has 1 aromatic heterocycles. The first kappa shape index (κ1) is 15.5. The van der Waals surface area contributed by atoms with Gasteiger partial charge in [-0.3, -0.25) is 10.1 Å². The Morgan fingerprint density at radius 2 is 2.05 bits per heavy atom. The summed E-state index contributed by atoms with van der Waals surface area (Å²) in [5.74, 6) is 0.540. The Morgan fingerprint density at radius 3 is 2.47 bits per heavy atom. The Morgan fingerprint density at radius 1 is 1.42 bits per heavy atom. The molecule has 0 aliphatic rings. The Hall–Kier alpha value is -1.59. The summed E-state index contributed by atoms with van der Waals surface area (Å²) >= 11 is 0. The monoisotopic (exact) mass is 268 g/mol. The zero-order valence-corrected chi connectivity index (χ0v) is 12.4. The van der Waals surface area contributed by atoms with Crippen LogP contribution in [-0.4, -0.2) is 20.7 Å². The number of nitro groups is 1. The fraction of sp³-hybridized carbons (Fsp3) is 0.769. The quantitative estimate of drug-likeness (QED) is 0.605. The lowest BCUT2D eigenvalue weighted by Gasteiger charge is -2.19. The van der Waals surface area contributed by atoms with Crippen LogP contribution in [0.25, 0.3) is 0 Å². The molecule has 0 bridgehead atoms. The van der Waals surface area contributed by atoms with Crippen molar-refractivity contribution in [3.63, 3.8) is 0 Å². The molecule has 19 heavy (non-hydrogen) atoms. The van der Waals surface area contributed by atoms with E-state index < -0.39 is 0 Å². The zero-order valence-electron chi connectivity index (χ0n) is 12.4. The van der Waals surface area contributed by atoms with E-state index in [4.69, 9.17) is 0 Å². The average molecular weight is 268 g/mol. The molecule has 1 atom stereocenters. The molecule has 0 aromatic carbocycles. The molecule has 0 saturated carbocycles. The number of hydrogen-bond acceptors (Lipinski definition) is 4. The maximum absolute atomic E-state index is 11.2. The molecule has 1 heterocycles. The van der Waals surface area contributed by atoms with Crippen molar-refractivity contribution >= 4 is 11.5 Å². The lowest BCUT2D eigenvalue weighted by atomic mass is 10.1. The molecular formula is C13H24N4O2. The third-order valence-corrected chi connectivity index (χ3v) is 3.20. The van der Waals surface area contributed by atoms with E-state index in [0.29, 0.717) is 11.5 Å². The Balaban J connectivity index is 3.17. The van der Waals surface area contributed by atoms with Crippen molar-refractivity contribution in [3.05, 3.63) is 15.8 Å². The first-order valence-corrected chi connectivity index (χ1v) is 6.92. The van der Waals surface area contributed by atoms with Gasteiger partial charge in [0, 0.05) is 12.1 Å². The van der Waals surface area contributed by atoms with Gasteiger partial charge in [0.25, 0.3) is 0 Å². The van der Waals surface area contributed by atoms with Crippen LogP contribution in [0.2, 0.25) is 0 Å². The molecule has 1 aromatic rings. The lowest BCUT2D eigenvalue weighted by molar-refractivity contribution is -0.384. The molecule has 1 rings (SSSR count). The Kier molecular flexibility index (Phi) is 5.32. The van der Waals surface area contributed by atoms with Gasteiger partial charge in [-0.15, -0.1) is 0 Å². The third-order valence-electron chi connectivity index (χ3n) is 3.20. The largest absolute Gasteiger partial charge is 0.362 e. The highest BCUT2D eigenvalue weighted by Gasteiger charge is 2.27. The summed E-state index contributed by atoms with van der Waals surface area (Å²) in [7, 11) is 0. The van der Waals surface area contributed by atoms with Crippen LogP contribution in [0.15, 0.2) is 0 Å². The van der Waals surface area contributed by atoms with E-state index in [1.54, 1.807) is 11.6 Å². The van der Waals surface area contributed by atoms with Gasteiger partial charge in [0.2, 0.25) is 5.82 Å². The van der Waals surface area contributed by atoms with Crippen LogP contribution < -0.4 is 5.32 Å². The normalized spacial score (nSPS) is 12.7. The van der Waals surface area contributed by atoms with Gasteiger partial charge in [-0.05, 0) is 33.6 Å². The molecule has 0 aliphatic carbocycles. The molecule has 0 radical (unpaired) electrons. The van der Waals surface area contributed by atoms with Crippen LogP contribution in [0.4, 0.5) is 11.5 Å². The maximum Gasteiger partial charge on any atom is 0.333 e. The van der Waals surface area contributed by atoms with E-state index in [1.807, 2.05) is 13.8 Å². The first-order chi connectivity index (χ1) is 8.92. The van der Waals surface area contributed by atoms with E-state index in [9.17, 15) is 10.1 Å². The fourth-order valence-corrected chi connectivity index (χ4v) is 2.19. The van der Waals surface area contributed by atoms with Gasteiger partial charge in [-0.2, -0.15) is 5.10 Å². The average Bonchev–Trinajstić information content (AvgIpc) is 2.65. The van der Waals surface area contributed by atoms with Gasteiger partial charge in [0.1, 0.15) is 5.69 Å². The highest BCUT2D eigenvalue weighted by atomic mass is 16.6. The highest BCUT2D eigenvalue weighted by Crippen LogP contribution is 2.31. The van der Waals surface area contributed by atoms with Crippen LogP contribution in [0.3, 0.4) is 0 Å². The summed E-state index contributed by atoms with van der Waals surface area (Å²) in [6.07, 6.45) is 2.98. The van der Waals surface area contributed by atoms with Crippen LogP contribution in [0.1, 0.15) is 58.7 Å². The predicted octanol–water partition coefficient (Wildman–Crippen LogP) is 3.67. The van der Waals surface area contributed by atoms with Crippen molar-refractivity contribution in [3.8, 4) is 0 Å². The molecule has 1 unspecified atom stereocenters. The molecule has 0 saturated heterocycles. The van der Waals surface area contributed by atoms with Crippen molar-refractivity contribution in [2.45, 2.75) is 66.0 Å². The number of aromatic nitrogens is 2. The molecule has 6 nitrogen and oxygen atoms in total. The van der Waals surface area contributed by atoms with E-state index in [0.717, 1.165) is 19.3 Å². The molecule has 1 N–H and O–H groups in total. The number of nitrogens with zero attached hydrogens (tertiary/aromatic N) is 3. The van der Waals surface area contributed by atoms with Crippen molar-refractivity contribution in [1.82, 2.24) is 9.78 Å². The Labute approximate surface area is 114 Å². The second-order valence-electron chi connectivity index (χ2n) is 5.12. The summed E-state index contributed by atoms with van der Waals surface area (Å²) in [5.41, 5.74) is 0.566. The molecule has 108 valence electrons. The second-order valence-corrected chi connectivity index (χ2v) is 5.12. The molecule has 0 aliphatic heterocycles. The van der Waals surface area contributed by atoms with Gasteiger partial charge >= 0.3 is 5.69 Å². The van der Waals surface area contributed by atoms with Gasteiger partial charge in [0.15, 0.2) is 0 Å².